The van der Waals surface area contributed by atoms with Crippen LogP contribution in [-0.4, -0.2) is 173 Å². The number of nitrogens with two attached hydrogens (primary N) is 1. The molecule has 0 unspecified atom stereocenters. The number of aryl methyl sites for hydroxylation is 1. The van der Waals surface area contributed by atoms with Gasteiger partial charge < -0.3 is 53.4 Å². The van der Waals surface area contributed by atoms with Crippen LogP contribution in [-0.2, 0) is 73.8 Å². The summed E-state index contributed by atoms with van der Waals surface area (Å²) in [4.78, 5) is 122. The first-order chi connectivity index (χ1) is 51.2. The Hall–Kier alpha value is -9.33. The van der Waals surface area contributed by atoms with E-state index in [9.17, 15) is 38.4 Å². The molecule has 108 heavy (non-hydrogen) atoms. The molecule has 0 aliphatic carbocycles. The number of unbranched alkanes of at least 4 members (excludes halogenated alkanes) is 2. The van der Waals surface area contributed by atoms with E-state index in [1.165, 1.54) is 18.7 Å². The molecule has 2 aromatic carbocycles. The van der Waals surface area contributed by atoms with Crippen molar-refractivity contribution < 1.29 is 82.9 Å². The Balaban J connectivity index is 0.000000275. The number of carbonyl (C=O) groups is 4. The maximum absolute atomic E-state index is 12.9. The first-order valence-electron chi connectivity index (χ1n) is 34.9. The maximum atomic E-state index is 12.9. The van der Waals surface area contributed by atoms with Crippen LogP contribution in [0.3, 0.4) is 0 Å². The van der Waals surface area contributed by atoms with Crippen molar-refractivity contribution in [2.45, 2.75) is 184 Å². The van der Waals surface area contributed by atoms with E-state index in [4.69, 9.17) is 42.0 Å². The summed E-state index contributed by atoms with van der Waals surface area (Å²) >= 11 is 5.64. The van der Waals surface area contributed by atoms with Gasteiger partial charge in [-0.3, -0.25) is 42.8 Å². The van der Waals surface area contributed by atoms with Crippen molar-refractivity contribution in [1.82, 2.24) is 88.4 Å². The number of rotatable bonds is 17. The first kappa shape index (κ1) is 91.1. The van der Waals surface area contributed by atoms with Crippen LogP contribution in [0.4, 0.5) is 0 Å². The second-order valence-electron chi connectivity index (χ2n) is 25.3. The minimum atomic E-state index is -0.639. The number of aromatic nitrogens is 16. The number of aldehydes is 1. The van der Waals surface area contributed by atoms with E-state index in [0.717, 1.165) is 108 Å². The number of methoxy groups -OCH3 is 2. The number of fused-ring (bicyclic) bond motifs is 6. The number of hydrogen-bond donors (Lipinski definition) is 6. The zero-order valence-electron chi connectivity index (χ0n) is 64.0. The molecule has 37 heteroatoms. The topological polar surface area (TPSA) is 429 Å². The molecule has 0 spiro atoms. The average Bonchev–Trinajstić information content (AvgIpc) is 1.59. The van der Waals surface area contributed by atoms with Crippen LogP contribution in [0.25, 0.3) is 44.1 Å². The van der Waals surface area contributed by atoms with Crippen LogP contribution in [0.15, 0.2) is 92.5 Å². The second kappa shape index (κ2) is 46.8. The number of halogens is 1. The van der Waals surface area contributed by atoms with Gasteiger partial charge in [-0.1, -0.05) is 18.6 Å². The monoisotopic (exact) mass is 1530 g/mol. The third kappa shape index (κ3) is 27.4. The molecule has 579 valence electrons. The van der Waals surface area contributed by atoms with Gasteiger partial charge in [0.1, 0.15) is 62.6 Å². The van der Waals surface area contributed by atoms with Crippen molar-refractivity contribution in [2.24, 2.45) is 5.73 Å². The van der Waals surface area contributed by atoms with E-state index in [1.54, 1.807) is 71.0 Å². The molecule has 2 aliphatic heterocycles. The number of benzene rings is 2. The summed E-state index contributed by atoms with van der Waals surface area (Å²) in [6.45, 7) is 26.1. The van der Waals surface area contributed by atoms with Crippen molar-refractivity contribution in [2.75, 3.05) is 47.1 Å². The Labute approximate surface area is 652 Å². The number of nitrogens with one attached hydrogen (secondary N) is 3. The number of aliphatic hydroxyl groups is 2. The van der Waals surface area contributed by atoms with Gasteiger partial charge in [-0.2, -0.15) is 20.4 Å². The van der Waals surface area contributed by atoms with Crippen LogP contribution in [0.2, 0.25) is 0 Å². The number of ether oxygens (including phenoxy) is 2. The molecular weight excluding hydrogens is 1430 g/mol. The summed E-state index contributed by atoms with van der Waals surface area (Å²) < 4.78 is 24.4. The third-order valence-corrected chi connectivity index (χ3v) is 15.9. The molecule has 8 aromatic heterocycles. The van der Waals surface area contributed by atoms with Crippen molar-refractivity contribution in [3.8, 4) is 11.5 Å². The van der Waals surface area contributed by atoms with Gasteiger partial charge >= 0.3 is 41.5 Å². The van der Waals surface area contributed by atoms with Gasteiger partial charge in [0.25, 0.3) is 22.2 Å². The number of aromatic amines is 2. The van der Waals surface area contributed by atoms with Crippen LogP contribution in [0.1, 0.15) is 178 Å². The minimum absolute atomic E-state index is 0. The van der Waals surface area contributed by atoms with E-state index in [2.05, 4.69) is 90.1 Å². The number of hydrogen-bond acceptors (Lipinski definition) is 26. The molecule has 12 rings (SSSR count). The van der Waals surface area contributed by atoms with Gasteiger partial charge in [-0.05, 0) is 143 Å². The summed E-state index contributed by atoms with van der Waals surface area (Å²) in [5, 5.41) is 39.2. The number of nitrogens with zero attached hydrogens (tertiary/aromatic N) is 15. The van der Waals surface area contributed by atoms with Gasteiger partial charge in [0.2, 0.25) is 5.97 Å². The van der Waals surface area contributed by atoms with Gasteiger partial charge in [0.05, 0.1) is 58.0 Å². The molecule has 0 amide bonds. The van der Waals surface area contributed by atoms with E-state index in [-0.39, 0.29) is 95.1 Å². The van der Waals surface area contributed by atoms with Crippen molar-refractivity contribution in [3.63, 3.8) is 0 Å². The maximum Gasteiger partial charge on any atom is 1.00 e. The Morgan fingerprint density at radius 2 is 1.01 bits per heavy atom. The predicted molar refractivity (Wildman–Crippen MR) is 404 cm³/mol. The van der Waals surface area contributed by atoms with Crippen LogP contribution < -0.4 is 72.3 Å². The zero-order chi connectivity index (χ0) is 78.9. The molecule has 7 N–H and O–H groups in total. The molecule has 34 nitrogen and oxygen atoms in total. The van der Waals surface area contributed by atoms with Gasteiger partial charge in [0, 0.05) is 96.3 Å². The summed E-state index contributed by atoms with van der Waals surface area (Å²) in [6, 6.07) is 15.8. The number of aliphatic hydroxyl groups excluding tert-OH is 2. The van der Waals surface area contributed by atoms with E-state index in [1.807, 2.05) is 81.5 Å². The Morgan fingerprint density at radius 3 is 1.43 bits per heavy atom. The Morgan fingerprint density at radius 1 is 0.583 bits per heavy atom. The van der Waals surface area contributed by atoms with Gasteiger partial charge in [-0.15, -0.1) is 11.6 Å². The minimum Gasteiger partial charge on any atom is -0.793 e. The van der Waals surface area contributed by atoms with E-state index >= 15 is 0 Å². The number of alkyl halides is 1. The Bertz CT molecular complexity index is 4690. The van der Waals surface area contributed by atoms with Crippen molar-refractivity contribution >= 4 is 88.0 Å². The molecule has 10 heterocycles. The SMILES string of the molecule is CC(=O)OOC(C)=O.CC(C)n1ncc2c(=O)[nH]c(CCCCCO)nc21.CC(C)n1ncc2c(=O)[nH]c(CCl)nc21.CC(C)n1ncc2c(=O)n3c(nc21)CNCCC3.COc1ccc(C=O)cc1.COc1ccc(CN2CCCn3c(nc4c(cnn4C(C)C)c3=O)C2)cc1.NCCCO.[B-]OC(C)=O.[Na+]. The zero-order valence-corrected chi connectivity index (χ0v) is 66.7. The normalized spacial score (nSPS) is 12.2. The first-order valence-corrected chi connectivity index (χ1v) is 35.5. The molecule has 10 aromatic rings. The summed E-state index contributed by atoms with van der Waals surface area (Å²) in [5.41, 5.74) is 9.22. The van der Waals surface area contributed by atoms with Crippen LogP contribution >= 0.6 is 11.6 Å². The summed E-state index contributed by atoms with van der Waals surface area (Å²) in [7, 11) is 7.59. The van der Waals surface area contributed by atoms with Crippen LogP contribution in [0, 0.1) is 0 Å². The average molecular weight is 1530 g/mol. The molecule has 0 saturated heterocycles. The smallest absolute Gasteiger partial charge is 0.793 e. The molecule has 0 fully saturated rings. The number of H-pyrrole nitrogens is 2. The fraction of sp³-hybridized carbons (Fsp3) is 0.493. The van der Waals surface area contributed by atoms with Crippen LogP contribution in [0.5, 0.6) is 11.5 Å². The fourth-order valence-electron chi connectivity index (χ4n) is 10.4. The Kier molecular flexibility index (Phi) is 39.5. The standard InChI is InChI=1S/C20H25N5O2.C13H20N4O2.C12H17N5O.C9H11ClN4O.C8H8O2.C4H6O4.C3H9NO.C2H3BO2.Na/c1-14(2)25-19-17(11-21-25)20(26)24-10-4-9-23(13-18(24)22-19)12-15-5-7-16(27-3)8-6-15;1-9(2)17-12-10(8-14-17)13(19)16-11(15-12)6-4-3-5-7-18;1-8(2)17-11-9(6-14-17)12(18)16-5-3-4-13-7-10(16)15-11;1-5(2)14-8-6(4-11-14)9(15)13-7(3-10)12-8;1-10-8-4-2-7(6-9)3-5-8;1-3(5)7-8-4(2)6;4-2-1-3-5;1-2(4)5-3;/h5-8,11,14H,4,9-10,12-13H2,1-3H3;8-9,18H,3-7H2,1-2H3,(H,15,16,19);6,8,13H,3-5,7H2,1-2H3;4-5H,3H2,1-2H3,(H,12,13,15);2-6H,1H3;1-2H3;5H,1-4H2;1H3;/q;;;;;;;-1;+1. The third-order valence-electron chi connectivity index (χ3n) is 15.6. The van der Waals surface area contributed by atoms with Crippen molar-refractivity contribution in [3.05, 3.63) is 149 Å². The molecule has 3 radical (unpaired) electrons. The molecule has 0 saturated carbocycles. The van der Waals surface area contributed by atoms with E-state index < -0.39 is 17.9 Å². The van der Waals surface area contributed by atoms with Gasteiger partial charge in [-0.25, -0.2) is 58.0 Å². The molecule has 0 bridgehead atoms. The predicted octanol–water partition coefficient (Wildman–Crippen LogP) is 3.60. The van der Waals surface area contributed by atoms with Gasteiger partial charge in [0.15, 0.2) is 22.6 Å². The van der Waals surface area contributed by atoms with Crippen molar-refractivity contribution in [1.29, 1.82) is 0 Å². The largest absolute Gasteiger partial charge is 1.00 e. The quantitative estimate of drug-likeness (QED) is 0.0189. The summed E-state index contributed by atoms with van der Waals surface area (Å²) in [6.07, 6.45) is 13.1. The molecule has 0 atom stereocenters. The molecule has 2 aliphatic rings. The fourth-order valence-corrected chi connectivity index (χ4v) is 10.5. The number of carbonyl (C=O) groups excluding carboxylic acids is 4. The summed E-state index contributed by atoms with van der Waals surface area (Å²) in [5.74, 6) is 2.87. The molecular formula is C71H99BClN19NaO15. The van der Waals surface area contributed by atoms with E-state index in [0.29, 0.717) is 93.9 Å². The second-order valence-corrected chi connectivity index (χ2v) is 25.6.